The van der Waals surface area contributed by atoms with Crippen LogP contribution in [0, 0.1) is 0 Å². The van der Waals surface area contributed by atoms with Crippen LogP contribution in [0.4, 0.5) is 0 Å². The molecule has 0 spiro atoms. The molecule has 1 amide bonds. The largest absolute Gasteiger partial charge is 0.325 e. The summed E-state index contributed by atoms with van der Waals surface area (Å²) in [6.07, 6.45) is 6.56. The molecule has 0 saturated carbocycles. The molecule has 1 aliphatic rings. The maximum absolute atomic E-state index is 12.2. The summed E-state index contributed by atoms with van der Waals surface area (Å²) in [6.45, 7) is 0.743. The Labute approximate surface area is 139 Å². The van der Waals surface area contributed by atoms with Crippen molar-refractivity contribution in [2.75, 3.05) is 18.6 Å². The molecule has 1 fully saturated rings. The number of benzene rings is 1. The fraction of sp³-hybridized carbons (Fsp3) is 0.294. The third kappa shape index (κ3) is 3.47. The van der Waals surface area contributed by atoms with Gasteiger partial charge < -0.3 is 4.90 Å². The second kappa shape index (κ2) is 7.20. The molecule has 0 radical (unpaired) electrons. The second-order valence-electron chi connectivity index (χ2n) is 5.13. The van der Waals surface area contributed by atoms with Gasteiger partial charge in [0.2, 0.25) is 5.91 Å². The van der Waals surface area contributed by atoms with Crippen molar-refractivity contribution in [2.45, 2.75) is 16.7 Å². The minimum atomic E-state index is 0.139. The summed E-state index contributed by atoms with van der Waals surface area (Å²) in [4.78, 5) is 19.6. The van der Waals surface area contributed by atoms with E-state index in [1.807, 2.05) is 17.2 Å². The van der Waals surface area contributed by atoms with Crippen LogP contribution in [0.1, 0.15) is 16.5 Å². The van der Waals surface area contributed by atoms with Gasteiger partial charge in [-0.15, -0.1) is 23.5 Å². The predicted octanol–water partition coefficient (Wildman–Crippen LogP) is 3.62. The molecule has 114 valence electrons. The molecule has 3 rings (SSSR count). The highest BCUT2D eigenvalue weighted by Crippen LogP contribution is 2.38. The summed E-state index contributed by atoms with van der Waals surface area (Å²) in [5.41, 5.74) is 2.38. The molecule has 1 aromatic carbocycles. The topological polar surface area (TPSA) is 33.2 Å². The lowest BCUT2D eigenvalue weighted by Gasteiger charge is -2.24. The fourth-order valence-electron chi connectivity index (χ4n) is 2.54. The van der Waals surface area contributed by atoms with Crippen molar-refractivity contribution < 1.29 is 4.79 Å². The Hall–Kier alpha value is -1.46. The highest BCUT2D eigenvalue weighted by Gasteiger charge is 2.32. The van der Waals surface area contributed by atoms with Crippen LogP contribution in [0.5, 0.6) is 0 Å². The van der Waals surface area contributed by atoms with Gasteiger partial charge in [-0.25, -0.2) is 0 Å². The van der Waals surface area contributed by atoms with E-state index in [4.69, 9.17) is 0 Å². The summed E-state index contributed by atoms with van der Waals surface area (Å²) in [5.74, 6) is 0.801. The van der Waals surface area contributed by atoms with Crippen LogP contribution in [-0.2, 0) is 11.2 Å². The van der Waals surface area contributed by atoms with E-state index in [1.54, 1.807) is 29.7 Å². The lowest BCUT2D eigenvalue weighted by Crippen LogP contribution is -2.30. The molecule has 5 heteroatoms. The zero-order chi connectivity index (χ0) is 15.4. The summed E-state index contributed by atoms with van der Waals surface area (Å²) < 4.78 is 0. The molecule has 0 bridgehead atoms. The van der Waals surface area contributed by atoms with Crippen molar-refractivity contribution in [2.24, 2.45) is 0 Å². The van der Waals surface area contributed by atoms with Gasteiger partial charge in [-0.3, -0.25) is 9.78 Å². The molecular weight excluding hydrogens is 312 g/mol. The zero-order valence-corrected chi connectivity index (χ0v) is 14.1. The Kier molecular flexibility index (Phi) is 5.05. The molecule has 2 heterocycles. The summed E-state index contributed by atoms with van der Waals surface area (Å²) in [7, 11) is 0. The first-order valence-electron chi connectivity index (χ1n) is 7.22. The van der Waals surface area contributed by atoms with Gasteiger partial charge >= 0.3 is 0 Å². The smallest absolute Gasteiger partial charge is 0.233 e. The Morgan fingerprint density at radius 2 is 2.14 bits per heavy atom. The molecule has 1 aliphatic heterocycles. The first-order chi connectivity index (χ1) is 10.8. The number of pyridine rings is 1. The molecule has 1 unspecified atom stereocenters. The van der Waals surface area contributed by atoms with E-state index in [2.05, 4.69) is 41.6 Å². The van der Waals surface area contributed by atoms with Gasteiger partial charge in [0.15, 0.2) is 0 Å². The Morgan fingerprint density at radius 3 is 2.82 bits per heavy atom. The quantitative estimate of drug-likeness (QED) is 0.784. The van der Waals surface area contributed by atoms with Gasteiger partial charge in [-0.1, -0.05) is 18.2 Å². The van der Waals surface area contributed by atoms with Crippen molar-refractivity contribution in [3.8, 4) is 0 Å². The third-order valence-electron chi connectivity index (χ3n) is 3.73. The maximum Gasteiger partial charge on any atom is 0.233 e. The Balaban J connectivity index is 1.71. The molecule has 2 aromatic rings. The van der Waals surface area contributed by atoms with Gasteiger partial charge in [0, 0.05) is 23.8 Å². The molecule has 0 aliphatic carbocycles. The second-order valence-corrected chi connectivity index (χ2v) is 7.08. The maximum atomic E-state index is 12.2. The van der Waals surface area contributed by atoms with Crippen LogP contribution in [0.3, 0.4) is 0 Å². The van der Waals surface area contributed by atoms with Gasteiger partial charge in [0.25, 0.3) is 0 Å². The predicted molar refractivity (Wildman–Crippen MR) is 93.1 cm³/mol. The Bertz CT molecular complexity index is 631. The number of nitrogens with zero attached hydrogens (tertiary/aromatic N) is 2. The standard InChI is InChI=1S/C17H18N2OS2/c1-21-15-6-4-14(5-7-15)17-19(16(20)12-22-17)10-8-13-3-2-9-18-11-13/h2-7,9,11,17H,8,10,12H2,1H3. The minimum Gasteiger partial charge on any atom is -0.325 e. The van der Waals surface area contributed by atoms with E-state index in [0.29, 0.717) is 5.75 Å². The molecule has 22 heavy (non-hydrogen) atoms. The van der Waals surface area contributed by atoms with Crippen LogP contribution in [0.15, 0.2) is 53.7 Å². The summed E-state index contributed by atoms with van der Waals surface area (Å²) in [5, 5.41) is 0.139. The number of amides is 1. The highest BCUT2D eigenvalue weighted by atomic mass is 32.2. The van der Waals surface area contributed by atoms with E-state index in [9.17, 15) is 4.79 Å². The van der Waals surface area contributed by atoms with E-state index >= 15 is 0 Å². The molecule has 1 aromatic heterocycles. The SMILES string of the molecule is CSc1ccc(C2SCC(=O)N2CCc2cccnc2)cc1. The molecule has 1 atom stereocenters. The van der Waals surface area contributed by atoms with Crippen LogP contribution >= 0.6 is 23.5 Å². The van der Waals surface area contributed by atoms with E-state index in [-0.39, 0.29) is 11.3 Å². The lowest BCUT2D eigenvalue weighted by atomic mass is 10.1. The molecule has 3 nitrogen and oxygen atoms in total. The van der Waals surface area contributed by atoms with E-state index in [0.717, 1.165) is 13.0 Å². The molecule has 1 saturated heterocycles. The van der Waals surface area contributed by atoms with Gasteiger partial charge in [0.05, 0.1) is 5.75 Å². The number of aromatic nitrogens is 1. The lowest BCUT2D eigenvalue weighted by molar-refractivity contribution is -0.128. The van der Waals surface area contributed by atoms with Gasteiger partial charge in [-0.05, 0) is 42.0 Å². The van der Waals surface area contributed by atoms with Crippen LogP contribution in [0.2, 0.25) is 0 Å². The first kappa shape index (κ1) is 15.4. The first-order valence-corrected chi connectivity index (χ1v) is 9.49. The normalized spacial score (nSPS) is 18.0. The summed E-state index contributed by atoms with van der Waals surface area (Å²) >= 11 is 3.45. The Morgan fingerprint density at radius 1 is 1.32 bits per heavy atom. The molecule has 0 N–H and O–H groups in total. The van der Waals surface area contributed by atoms with Crippen LogP contribution < -0.4 is 0 Å². The van der Waals surface area contributed by atoms with Crippen LogP contribution in [0.25, 0.3) is 0 Å². The summed E-state index contributed by atoms with van der Waals surface area (Å²) in [6, 6.07) is 12.5. The van der Waals surface area contributed by atoms with Crippen LogP contribution in [-0.4, -0.2) is 34.3 Å². The number of rotatable bonds is 5. The van der Waals surface area contributed by atoms with Gasteiger partial charge in [0.1, 0.15) is 5.37 Å². The minimum absolute atomic E-state index is 0.139. The van der Waals surface area contributed by atoms with Crippen molar-refractivity contribution in [1.82, 2.24) is 9.88 Å². The third-order valence-corrected chi connectivity index (χ3v) is 5.73. The zero-order valence-electron chi connectivity index (χ0n) is 12.4. The van der Waals surface area contributed by atoms with Crippen molar-refractivity contribution in [3.63, 3.8) is 0 Å². The number of carbonyl (C=O) groups is 1. The monoisotopic (exact) mass is 330 g/mol. The molecular formula is C17H18N2OS2. The van der Waals surface area contributed by atoms with Crippen molar-refractivity contribution in [3.05, 3.63) is 59.9 Å². The number of hydrogen-bond donors (Lipinski definition) is 0. The fourth-order valence-corrected chi connectivity index (χ4v) is 4.16. The highest BCUT2D eigenvalue weighted by molar-refractivity contribution is 8.00. The van der Waals surface area contributed by atoms with E-state index < -0.39 is 0 Å². The number of hydrogen-bond acceptors (Lipinski definition) is 4. The number of carbonyl (C=O) groups excluding carboxylic acids is 1. The number of thioether (sulfide) groups is 2. The average Bonchev–Trinajstić information content (AvgIpc) is 2.95. The van der Waals surface area contributed by atoms with Crippen molar-refractivity contribution >= 4 is 29.4 Å². The van der Waals surface area contributed by atoms with Crippen molar-refractivity contribution in [1.29, 1.82) is 0 Å². The average molecular weight is 330 g/mol. The van der Waals surface area contributed by atoms with Gasteiger partial charge in [-0.2, -0.15) is 0 Å². The van der Waals surface area contributed by atoms with E-state index in [1.165, 1.54) is 16.0 Å².